The van der Waals surface area contributed by atoms with Crippen molar-refractivity contribution in [1.29, 1.82) is 0 Å². The predicted octanol–water partition coefficient (Wildman–Crippen LogP) is 1.98. The third-order valence-corrected chi connectivity index (χ3v) is 3.37. The number of rotatable bonds is 1. The Balaban J connectivity index is 1.93. The molecule has 14 heavy (non-hydrogen) atoms. The van der Waals surface area contributed by atoms with E-state index in [0.29, 0.717) is 6.04 Å². The summed E-state index contributed by atoms with van der Waals surface area (Å²) in [6.45, 7) is 1.13. The van der Waals surface area contributed by atoms with E-state index in [9.17, 15) is 0 Å². The molecule has 1 aliphatic carbocycles. The Hall–Kier alpha value is -0.830. The Labute approximate surface area is 83.9 Å². The Kier molecular flexibility index (Phi) is 2.05. The molecule has 2 heterocycles. The minimum absolute atomic E-state index is 0.448. The first-order valence-electron chi connectivity index (χ1n) is 5.66. The molecular formula is C11H16N2O. The maximum Gasteiger partial charge on any atom is 0.157 e. The molecule has 1 atom stereocenters. The van der Waals surface area contributed by atoms with Gasteiger partial charge in [-0.3, -0.25) is 0 Å². The molecule has 1 fully saturated rings. The lowest BCUT2D eigenvalue weighted by Gasteiger charge is -2.12. The summed E-state index contributed by atoms with van der Waals surface area (Å²) in [5.41, 5.74) is 2.63. The number of nitrogens with one attached hydrogen (secondary N) is 1. The lowest BCUT2D eigenvalue weighted by molar-refractivity contribution is 0.346. The van der Waals surface area contributed by atoms with Crippen LogP contribution in [-0.4, -0.2) is 11.7 Å². The molecule has 0 bridgehead atoms. The fraction of sp³-hybridized carbons (Fsp3) is 0.727. The number of hydrogen-bond acceptors (Lipinski definition) is 3. The first-order valence-corrected chi connectivity index (χ1v) is 5.66. The molecule has 0 radical (unpaired) electrons. The Morgan fingerprint density at radius 1 is 1.21 bits per heavy atom. The number of hydrogen-bond donors (Lipinski definition) is 1. The molecule has 0 amide bonds. The number of aromatic nitrogens is 1. The van der Waals surface area contributed by atoms with Crippen molar-refractivity contribution in [2.75, 3.05) is 6.54 Å². The Bertz CT molecular complexity index is 326. The highest BCUT2D eigenvalue weighted by Crippen LogP contribution is 2.31. The first kappa shape index (κ1) is 8.48. The van der Waals surface area contributed by atoms with Crippen LogP contribution in [0.4, 0.5) is 0 Å². The van der Waals surface area contributed by atoms with Gasteiger partial charge in [0.2, 0.25) is 0 Å². The van der Waals surface area contributed by atoms with Crippen molar-refractivity contribution in [3.05, 3.63) is 17.0 Å². The average molecular weight is 192 g/mol. The summed E-state index contributed by atoms with van der Waals surface area (Å²) in [7, 11) is 0. The van der Waals surface area contributed by atoms with E-state index in [0.717, 1.165) is 18.7 Å². The molecule has 1 unspecified atom stereocenters. The third kappa shape index (κ3) is 1.27. The fourth-order valence-corrected chi connectivity index (χ4v) is 2.60. The fourth-order valence-electron chi connectivity index (χ4n) is 2.60. The zero-order valence-corrected chi connectivity index (χ0v) is 8.38. The highest BCUT2D eigenvalue weighted by molar-refractivity contribution is 5.28. The van der Waals surface area contributed by atoms with Gasteiger partial charge in [-0.05, 0) is 45.1 Å². The number of aryl methyl sites for hydroxylation is 1. The molecule has 2 aliphatic rings. The zero-order valence-electron chi connectivity index (χ0n) is 8.38. The van der Waals surface area contributed by atoms with Gasteiger partial charge in [0.1, 0.15) is 0 Å². The third-order valence-electron chi connectivity index (χ3n) is 3.37. The van der Waals surface area contributed by atoms with Crippen molar-refractivity contribution >= 4 is 0 Å². The summed E-state index contributed by atoms with van der Waals surface area (Å²) in [4.78, 5) is 0. The minimum atomic E-state index is 0.448. The molecule has 3 heteroatoms. The lowest BCUT2D eigenvalue weighted by atomic mass is 9.94. The molecule has 0 spiro atoms. The molecule has 1 saturated heterocycles. The van der Waals surface area contributed by atoms with Crippen LogP contribution >= 0.6 is 0 Å². The lowest BCUT2D eigenvalue weighted by Crippen LogP contribution is -2.14. The summed E-state index contributed by atoms with van der Waals surface area (Å²) in [5.74, 6) is 1.14. The van der Waals surface area contributed by atoms with E-state index in [-0.39, 0.29) is 0 Å². The standard InChI is InChI=1S/C11H16N2O/c1-2-5-9-8(4-1)11(14-13-9)10-6-3-7-12-10/h10,12H,1-7H2. The Morgan fingerprint density at radius 2 is 2.14 bits per heavy atom. The van der Waals surface area contributed by atoms with E-state index < -0.39 is 0 Å². The highest BCUT2D eigenvalue weighted by Gasteiger charge is 2.27. The molecule has 1 aromatic heterocycles. The minimum Gasteiger partial charge on any atom is -0.359 e. The largest absolute Gasteiger partial charge is 0.359 e. The van der Waals surface area contributed by atoms with Gasteiger partial charge in [-0.2, -0.15) is 0 Å². The molecule has 76 valence electrons. The molecule has 1 aliphatic heterocycles. The van der Waals surface area contributed by atoms with Crippen LogP contribution in [0.15, 0.2) is 4.52 Å². The molecule has 3 nitrogen and oxygen atoms in total. The smallest absolute Gasteiger partial charge is 0.157 e. The van der Waals surface area contributed by atoms with Gasteiger partial charge in [-0.1, -0.05) is 5.16 Å². The van der Waals surface area contributed by atoms with E-state index in [1.807, 2.05) is 0 Å². The maximum atomic E-state index is 5.49. The van der Waals surface area contributed by atoms with Crippen molar-refractivity contribution in [1.82, 2.24) is 10.5 Å². The van der Waals surface area contributed by atoms with E-state index in [4.69, 9.17) is 4.52 Å². The van der Waals surface area contributed by atoms with Crippen LogP contribution in [0.25, 0.3) is 0 Å². The molecule has 1 N–H and O–H groups in total. The van der Waals surface area contributed by atoms with Gasteiger partial charge in [0.05, 0.1) is 11.7 Å². The summed E-state index contributed by atoms with van der Waals surface area (Å²) < 4.78 is 5.49. The van der Waals surface area contributed by atoms with Crippen molar-refractivity contribution in [2.45, 2.75) is 44.6 Å². The summed E-state index contributed by atoms with van der Waals surface area (Å²) in [5, 5.41) is 7.66. The van der Waals surface area contributed by atoms with Gasteiger partial charge in [-0.15, -0.1) is 0 Å². The maximum absolute atomic E-state index is 5.49. The summed E-state index contributed by atoms with van der Waals surface area (Å²) in [6, 6.07) is 0.448. The van der Waals surface area contributed by atoms with Gasteiger partial charge < -0.3 is 9.84 Å². The first-order chi connectivity index (χ1) is 6.95. The molecule has 0 saturated carbocycles. The molecule has 0 aromatic carbocycles. The molecule has 1 aromatic rings. The van der Waals surface area contributed by atoms with Gasteiger partial charge in [-0.25, -0.2) is 0 Å². The van der Waals surface area contributed by atoms with E-state index in [2.05, 4.69) is 10.5 Å². The SMILES string of the molecule is C1CCc2c(noc2C2CCCN2)C1. The second kappa shape index (κ2) is 3.39. The van der Waals surface area contributed by atoms with Crippen LogP contribution in [-0.2, 0) is 12.8 Å². The van der Waals surface area contributed by atoms with Crippen molar-refractivity contribution in [3.63, 3.8) is 0 Å². The van der Waals surface area contributed by atoms with Crippen molar-refractivity contribution < 1.29 is 4.52 Å². The van der Waals surface area contributed by atoms with Crippen LogP contribution in [0.5, 0.6) is 0 Å². The zero-order chi connectivity index (χ0) is 9.38. The van der Waals surface area contributed by atoms with Crippen LogP contribution in [0.2, 0.25) is 0 Å². The van der Waals surface area contributed by atoms with Crippen molar-refractivity contribution in [3.8, 4) is 0 Å². The summed E-state index contributed by atoms with van der Waals surface area (Å²) >= 11 is 0. The number of nitrogens with zero attached hydrogens (tertiary/aromatic N) is 1. The quantitative estimate of drug-likeness (QED) is 0.739. The van der Waals surface area contributed by atoms with E-state index >= 15 is 0 Å². The van der Waals surface area contributed by atoms with Gasteiger partial charge in [0.15, 0.2) is 5.76 Å². The van der Waals surface area contributed by atoms with Crippen molar-refractivity contribution in [2.24, 2.45) is 0 Å². The molecular weight excluding hydrogens is 176 g/mol. The monoisotopic (exact) mass is 192 g/mol. The molecule has 3 rings (SSSR count). The normalized spacial score (nSPS) is 26.4. The van der Waals surface area contributed by atoms with E-state index in [1.165, 1.54) is 43.4 Å². The van der Waals surface area contributed by atoms with Crippen LogP contribution < -0.4 is 5.32 Å². The van der Waals surface area contributed by atoms with Gasteiger partial charge >= 0.3 is 0 Å². The van der Waals surface area contributed by atoms with Crippen LogP contribution in [0.1, 0.15) is 48.7 Å². The van der Waals surface area contributed by atoms with E-state index in [1.54, 1.807) is 0 Å². The Morgan fingerprint density at radius 3 is 3.00 bits per heavy atom. The topological polar surface area (TPSA) is 38.1 Å². The van der Waals surface area contributed by atoms with Gasteiger partial charge in [0, 0.05) is 5.56 Å². The van der Waals surface area contributed by atoms with Crippen LogP contribution in [0.3, 0.4) is 0 Å². The van der Waals surface area contributed by atoms with Crippen LogP contribution in [0, 0.1) is 0 Å². The average Bonchev–Trinajstić information content (AvgIpc) is 2.85. The highest BCUT2D eigenvalue weighted by atomic mass is 16.5. The summed E-state index contributed by atoms with van der Waals surface area (Å²) in [6.07, 6.45) is 7.34. The second-order valence-electron chi connectivity index (χ2n) is 4.33. The number of fused-ring (bicyclic) bond motifs is 1. The van der Waals surface area contributed by atoms with Gasteiger partial charge in [0.25, 0.3) is 0 Å². The predicted molar refractivity (Wildman–Crippen MR) is 53.1 cm³/mol. The second-order valence-corrected chi connectivity index (χ2v) is 4.33.